The minimum Gasteiger partial charge on any atom is -0.494 e. The maximum absolute atomic E-state index is 13.5. The number of sulfonamides is 1. The number of hydrogen-bond acceptors (Lipinski definition) is 4. The molecule has 0 saturated carbocycles. The summed E-state index contributed by atoms with van der Waals surface area (Å²) in [5.74, 6) is 1.09. The van der Waals surface area contributed by atoms with Crippen LogP contribution in [0.4, 0.5) is 0 Å². The average molecular weight is 439 g/mol. The molecule has 5 nitrogen and oxygen atoms in total. The zero-order valence-corrected chi connectivity index (χ0v) is 18.7. The first kappa shape index (κ1) is 21.8. The van der Waals surface area contributed by atoms with Crippen molar-refractivity contribution in [1.29, 1.82) is 0 Å². The Morgan fingerprint density at radius 3 is 2.39 bits per heavy atom. The fraction of sp³-hybridized carbons (Fsp3) is 0.360. The summed E-state index contributed by atoms with van der Waals surface area (Å²) >= 11 is 0. The Kier molecular flexibility index (Phi) is 6.90. The van der Waals surface area contributed by atoms with Crippen LogP contribution in [-0.2, 0) is 10.0 Å². The first-order valence-corrected chi connectivity index (χ1v) is 12.4. The normalized spacial score (nSPS) is 16.3. The van der Waals surface area contributed by atoms with E-state index in [1.165, 1.54) is 0 Å². The standard InChI is InChI=1S/C25H30N2O3S/c1-19-11-12-25(23-10-6-5-9-22(19)23)31(28,29)27-24(20-13-16-26-17-14-20)15-18-30-21-7-3-2-4-8-21/h2-12,20,24,26-27H,13-18H2,1H3. The molecule has 0 radical (unpaired) electrons. The number of rotatable bonds is 8. The molecular formula is C25H30N2O3S. The van der Waals surface area contributed by atoms with E-state index in [1.54, 1.807) is 6.07 Å². The molecule has 1 aliphatic rings. The van der Waals surface area contributed by atoms with Gasteiger partial charge in [-0.05, 0) is 74.3 Å². The van der Waals surface area contributed by atoms with Gasteiger partial charge in [-0.15, -0.1) is 0 Å². The van der Waals surface area contributed by atoms with E-state index in [0.717, 1.165) is 48.0 Å². The van der Waals surface area contributed by atoms with Gasteiger partial charge in [-0.3, -0.25) is 0 Å². The Balaban J connectivity index is 1.56. The second kappa shape index (κ2) is 9.81. The highest BCUT2D eigenvalue weighted by molar-refractivity contribution is 7.89. The second-order valence-corrected chi connectivity index (χ2v) is 9.87. The van der Waals surface area contributed by atoms with E-state index in [9.17, 15) is 8.42 Å². The molecule has 3 aromatic rings. The lowest BCUT2D eigenvalue weighted by atomic mass is 9.89. The Morgan fingerprint density at radius 2 is 1.65 bits per heavy atom. The third kappa shape index (κ3) is 5.26. The van der Waals surface area contributed by atoms with Gasteiger partial charge < -0.3 is 10.1 Å². The third-order valence-corrected chi connectivity index (χ3v) is 7.64. The number of fused-ring (bicyclic) bond motifs is 1. The maximum Gasteiger partial charge on any atom is 0.241 e. The van der Waals surface area contributed by atoms with Gasteiger partial charge in [0, 0.05) is 11.4 Å². The van der Waals surface area contributed by atoms with E-state index in [2.05, 4.69) is 10.0 Å². The molecule has 0 aliphatic carbocycles. The summed E-state index contributed by atoms with van der Waals surface area (Å²) < 4.78 is 35.9. The Morgan fingerprint density at radius 1 is 0.968 bits per heavy atom. The molecule has 1 atom stereocenters. The number of aryl methyl sites for hydroxylation is 1. The first-order valence-electron chi connectivity index (χ1n) is 10.9. The highest BCUT2D eigenvalue weighted by Crippen LogP contribution is 2.28. The van der Waals surface area contributed by atoms with Crippen LogP contribution in [0.3, 0.4) is 0 Å². The number of piperidine rings is 1. The molecule has 0 amide bonds. The number of para-hydroxylation sites is 1. The van der Waals surface area contributed by atoms with Crippen molar-refractivity contribution < 1.29 is 13.2 Å². The first-order chi connectivity index (χ1) is 15.0. The molecule has 2 N–H and O–H groups in total. The van der Waals surface area contributed by atoms with Gasteiger partial charge >= 0.3 is 0 Å². The lowest BCUT2D eigenvalue weighted by Crippen LogP contribution is -2.45. The van der Waals surface area contributed by atoms with Gasteiger partial charge in [-0.1, -0.05) is 48.5 Å². The van der Waals surface area contributed by atoms with Crippen molar-refractivity contribution in [1.82, 2.24) is 10.0 Å². The second-order valence-electron chi connectivity index (χ2n) is 8.19. The largest absolute Gasteiger partial charge is 0.494 e. The lowest BCUT2D eigenvalue weighted by Gasteiger charge is -2.31. The zero-order valence-electron chi connectivity index (χ0n) is 17.9. The van der Waals surface area contributed by atoms with Gasteiger partial charge in [0.25, 0.3) is 0 Å². The van der Waals surface area contributed by atoms with Crippen molar-refractivity contribution in [2.45, 2.75) is 37.1 Å². The van der Waals surface area contributed by atoms with Crippen LogP contribution in [0.5, 0.6) is 5.75 Å². The number of ether oxygens (including phenoxy) is 1. The van der Waals surface area contributed by atoms with Gasteiger partial charge in [0.2, 0.25) is 10.0 Å². The molecule has 0 spiro atoms. The van der Waals surface area contributed by atoms with Crippen molar-refractivity contribution in [2.75, 3.05) is 19.7 Å². The minimum atomic E-state index is -3.67. The molecule has 0 aromatic heterocycles. The molecule has 1 aliphatic heterocycles. The van der Waals surface area contributed by atoms with E-state index in [0.29, 0.717) is 17.9 Å². The number of nitrogens with one attached hydrogen (secondary N) is 2. The summed E-state index contributed by atoms with van der Waals surface area (Å²) in [5, 5.41) is 5.10. The molecule has 0 bridgehead atoms. The molecule has 1 unspecified atom stereocenters. The van der Waals surface area contributed by atoms with Crippen molar-refractivity contribution >= 4 is 20.8 Å². The van der Waals surface area contributed by atoms with E-state index in [1.807, 2.05) is 67.6 Å². The van der Waals surface area contributed by atoms with Gasteiger partial charge in [0.15, 0.2) is 0 Å². The summed E-state index contributed by atoms with van der Waals surface area (Å²) in [6, 6.07) is 20.8. The summed E-state index contributed by atoms with van der Waals surface area (Å²) in [5.41, 5.74) is 1.07. The van der Waals surface area contributed by atoms with Gasteiger partial charge in [0.1, 0.15) is 5.75 Å². The quantitative estimate of drug-likeness (QED) is 0.551. The summed E-state index contributed by atoms with van der Waals surface area (Å²) in [4.78, 5) is 0.344. The number of hydrogen-bond donors (Lipinski definition) is 2. The van der Waals surface area contributed by atoms with Crippen molar-refractivity contribution in [3.63, 3.8) is 0 Å². The minimum absolute atomic E-state index is 0.170. The molecule has 6 heteroatoms. The van der Waals surface area contributed by atoms with Crippen LogP contribution in [0.15, 0.2) is 71.6 Å². The van der Waals surface area contributed by atoms with Crippen LogP contribution < -0.4 is 14.8 Å². The van der Waals surface area contributed by atoms with E-state index in [4.69, 9.17) is 4.74 Å². The SMILES string of the molecule is Cc1ccc(S(=O)(=O)NC(CCOc2ccccc2)C2CCNCC2)c2ccccc12. The predicted molar refractivity (Wildman–Crippen MR) is 125 cm³/mol. The molecule has 3 aromatic carbocycles. The van der Waals surface area contributed by atoms with Crippen LogP contribution in [0.2, 0.25) is 0 Å². The Labute approximate surface area is 184 Å². The van der Waals surface area contributed by atoms with Gasteiger partial charge in [-0.2, -0.15) is 0 Å². The van der Waals surface area contributed by atoms with E-state index < -0.39 is 10.0 Å². The fourth-order valence-corrected chi connectivity index (χ4v) is 5.93. The summed E-state index contributed by atoms with van der Waals surface area (Å²) in [6.45, 7) is 4.30. The zero-order chi connectivity index (χ0) is 21.7. The number of benzene rings is 3. The van der Waals surface area contributed by atoms with E-state index in [-0.39, 0.29) is 12.0 Å². The third-order valence-electron chi connectivity index (χ3n) is 6.09. The monoisotopic (exact) mass is 438 g/mol. The lowest BCUT2D eigenvalue weighted by molar-refractivity contribution is 0.239. The van der Waals surface area contributed by atoms with Crippen LogP contribution in [-0.4, -0.2) is 34.2 Å². The van der Waals surface area contributed by atoms with Gasteiger partial charge in [0.05, 0.1) is 11.5 Å². The molecule has 31 heavy (non-hydrogen) atoms. The highest BCUT2D eigenvalue weighted by Gasteiger charge is 2.29. The Hall–Kier alpha value is -2.41. The summed E-state index contributed by atoms with van der Waals surface area (Å²) in [6.07, 6.45) is 2.53. The Bertz CT molecular complexity index is 1110. The topological polar surface area (TPSA) is 67.4 Å². The predicted octanol–water partition coefficient (Wildman–Crippen LogP) is 4.26. The molecule has 1 heterocycles. The maximum atomic E-state index is 13.5. The van der Waals surface area contributed by atoms with Crippen LogP contribution >= 0.6 is 0 Å². The molecule has 1 fully saturated rings. The molecule has 164 valence electrons. The smallest absolute Gasteiger partial charge is 0.241 e. The van der Waals surface area contributed by atoms with Crippen molar-refractivity contribution in [2.24, 2.45) is 5.92 Å². The van der Waals surface area contributed by atoms with Gasteiger partial charge in [-0.25, -0.2) is 13.1 Å². The molecular weight excluding hydrogens is 408 g/mol. The van der Waals surface area contributed by atoms with Crippen molar-refractivity contribution in [3.05, 3.63) is 72.3 Å². The van der Waals surface area contributed by atoms with Crippen LogP contribution in [0.25, 0.3) is 10.8 Å². The molecule has 4 rings (SSSR count). The van der Waals surface area contributed by atoms with Crippen molar-refractivity contribution in [3.8, 4) is 5.75 Å². The van der Waals surface area contributed by atoms with Crippen LogP contribution in [0, 0.1) is 12.8 Å². The van der Waals surface area contributed by atoms with Crippen LogP contribution in [0.1, 0.15) is 24.8 Å². The fourth-order valence-electron chi connectivity index (χ4n) is 4.38. The van der Waals surface area contributed by atoms with E-state index >= 15 is 0 Å². The average Bonchev–Trinajstić information content (AvgIpc) is 2.80. The highest BCUT2D eigenvalue weighted by atomic mass is 32.2. The molecule has 1 saturated heterocycles. The summed E-state index contributed by atoms with van der Waals surface area (Å²) in [7, 11) is -3.67.